The van der Waals surface area contributed by atoms with Gasteiger partial charge in [0.05, 0.1) is 18.6 Å². The molecule has 0 unspecified atom stereocenters. The number of imidazole rings is 1. The Labute approximate surface area is 100 Å². The SMILES string of the molecule is Cc1ccc(C(=O)NCc2cncn2C)cc1. The van der Waals surface area contributed by atoms with E-state index in [0.717, 1.165) is 11.3 Å². The summed E-state index contributed by atoms with van der Waals surface area (Å²) in [6.45, 7) is 2.49. The van der Waals surface area contributed by atoms with E-state index in [4.69, 9.17) is 0 Å². The Bertz CT molecular complexity index is 514. The predicted molar refractivity (Wildman–Crippen MR) is 65.6 cm³/mol. The summed E-state index contributed by atoms with van der Waals surface area (Å²) in [5.74, 6) is -0.0637. The van der Waals surface area contributed by atoms with E-state index in [1.165, 1.54) is 0 Å². The van der Waals surface area contributed by atoms with Crippen LogP contribution >= 0.6 is 0 Å². The van der Waals surface area contributed by atoms with Crippen LogP contribution < -0.4 is 5.32 Å². The van der Waals surface area contributed by atoms with Crippen molar-refractivity contribution >= 4 is 5.91 Å². The molecule has 0 spiro atoms. The molecule has 1 amide bonds. The van der Waals surface area contributed by atoms with Gasteiger partial charge in [-0.15, -0.1) is 0 Å². The first-order chi connectivity index (χ1) is 8.16. The second kappa shape index (κ2) is 4.82. The van der Waals surface area contributed by atoms with Crippen LogP contribution in [0.4, 0.5) is 0 Å². The number of carbonyl (C=O) groups is 1. The highest BCUT2D eigenvalue weighted by molar-refractivity contribution is 5.94. The van der Waals surface area contributed by atoms with Gasteiger partial charge in [-0.1, -0.05) is 17.7 Å². The lowest BCUT2D eigenvalue weighted by Gasteiger charge is -2.05. The molecule has 0 fully saturated rings. The minimum absolute atomic E-state index is 0.0637. The molecule has 2 aromatic rings. The van der Waals surface area contributed by atoms with Crippen molar-refractivity contribution in [2.75, 3.05) is 0 Å². The molecule has 1 aromatic heterocycles. The summed E-state index contributed by atoms with van der Waals surface area (Å²) >= 11 is 0. The number of nitrogens with zero attached hydrogens (tertiary/aromatic N) is 2. The first kappa shape index (κ1) is 11.4. The first-order valence-electron chi connectivity index (χ1n) is 5.47. The van der Waals surface area contributed by atoms with Gasteiger partial charge < -0.3 is 9.88 Å². The number of rotatable bonds is 3. The number of carbonyl (C=O) groups excluding carboxylic acids is 1. The van der Waals surface area contributed by atoms with Gasteiger partial charge in [-0.3, -0.25) is 4.79 Å². The summed E-state index contributed by atoms with van der Waals surface area (Å²) in [6.07, 6.45) is 3.46. The summed E-state index contributed by atoms with van der Waals surface area (Å²) in [6, 6.07) is 7.51. The van der Waals surface area contributed by atoms with E-state index in [1.54, 1.807) is 12.5 Å². The molecule has 0 aliphatic rings. The molecular formula is C13H15N3O. The highest BCUT2D eigenvalue weighted by Crippen LogP contribution is 2.03. The molecule has 0 radical (unpaired) electrons. The van der Waals surface area contributed by atoms with Crippen molar-refractivity contribution in [2.45, 2.75) is 13.5 Å². The van der Waals surface area contributed by atoms with E-state index < -0.39 is 0 Å². The highest BCUT2D eigenvalue weighted by Gasteiger charge is 2.05. The maximum absolute atomic E-state index is 11.8. The van der Waals surface area contributed by atoms with Gasteiger partial charge in [-0.2, -0.15) is 0 Å². The minimum atomic E-state index is -0.0637. The fourth-order valence-corrected chi connectivity index (χ4v) is 1.53. The number of nitrogens with one attached hydrogen (secondary N) is 1. The highest BCUT2D eigenvalue weighted by atomic mass is 16.1. The Balaban J connectivity index is 1.98. The largest absolute Gasteiger partial charge is 0.346 e. The molecule has 1 heterocycles. The van der Waals surface area contributed by atoms with Crippen LogP contribution in [0, 0.1) is 6.92 Å². The number of aromatic nitrogens is 2. The van der Waals surface area contributed by atoms with Crippen LogP contribution in [0.5, 0.6) is 0 Å². The summed E-state index contributed by atoms with van der Waals surface area (Å²) in [5, 5.41) is 2.86. The van der Waals surface area contributed by atoms with Crippen molar-refractivity contribution < 1.29 is 4.79 Å². The van der Waals surface area contributed by atoms with Crippen molar-refractivity contribution in [2.24, 2.45) is 7.05 Å². The zero-order valence-corrected chi connectivity index (χ0v) is 9.97. The Morgan fingerprint density at radius 2 is 2.06 bits per heavy atom. The molecular weight excluding hydrogens is 214 g/mol. The van der Waals surface area contributed by atoms with E-state index in [2.05, 4.69) is 10.3 Å². The van der Waals surface area contributed by atoms with Crippen LogP contribution in [0.25, 0.3) is 0 Å². The lowest BCUT2D eigenvalue weighted by molar-refractivity contribution is 0.0950. The third-order valence-electron chi connectivity index (χ3n) is 2.66. The normalized spacial score (nSPS) is 10.2. The van der Waals surface area contributed by atoms with Crippen molar-refractivity contribution in [1.82, 2.24) is 14.9 Å². The van der Waals surface area contributed by atoms with Crippen LogP contribution in [-0.2, 0) is 13.6 Å². The number of hydrogen-bond acceptors (Lipinski definition) is 2. The lowest BCUT2D eigenvalue weighted by Crippen LogP contribution is -2.23. The maximum Gasteiger partial charge on any atom is 0.251 e. The molecule has 0 aliphatic carbocycles. The van der Waals surface area contributed by atoms with E-state index in [9.17, 15) is 4.79 Å². The standard InChI is InChI=1S/C13H15N3O/c1-10-3-5-11(6-4-10)13(17)15-8-12-7-14-9-16(12)2/h3-7,9H,8H2,1-2H3,(H,15,17). The summed E-state index contributed by atoms with van der Waals surface area (Å²) in [5.41, 5.74) is 2.80. The van der Waals surface area contributed by atoms with Gasteiger partial charge in [0.15, 0.2) is 0 Å². The summed E-state index contributed by atoms with van der Waals surface area (Å²) < 4.78 is 1.88. The average Bonchev–Trinajstić information content (AvgIpc) is 2.73. The molecule has 0 aliphatic heterocycles. The van der Waals surface area contributed by atoms with E-state index >= 15 is 0 Å². The lowest BCUT2D eigenvalue weighted by atomic mass is 10.1. The zero-order chi connectivity index (χ0) is 12.3. The molecule has 0 atom stereocenters. The number of aryl methyl sites for hydroxylation is 2. The molecule has 1 aromatic carbocycles. The van der Waals surface area contributed by atoms with Crippen LogP contribution in [0.15, 0.2) is 36.8 Å². The Morgan fingerprint density at radius 3 is 2.65 bits per heavy atom. The zero-order valence-electron chi connectivity index (χ0n) is 9.97. The molecule has 0 saturated carbocycles. The third kappa shape index (κ3) is 2.72. The van der Waals surface area contributed by atoms with Crippen molar-refractivity contribution in [1.29, 1.82) is 0 Å². The van der Waals surface area contributed by atoms with Gasteiger partial charge in [0.2, 0.25) is 0 Å². The molecule has 1 N–H and O–H groups in total. The molecule has 4 heteroatoms. The molecule has 4 nitrogen and oxygen atoms in total. The maximum atomic E-state index is 11.8. The van der Waals surface area contributed by atoms with Gasteiger partial charge in [-0.25, -0.2) is 4.98 Å². The molecule has 0 saturated heterocycles. The van der Waals surface area contributed by atoms with Gasteiger partial charge in [0.1, 0.15) is 0 Å². The van der Waals surface area contributed by atoms with Gasteiger partial charge >= 0.3 is 0 Å². The van der Waals surface area contributed by atoms with Crippen LogP contribution in [-0.4, -0.2) is 15.5 Å². The minimum Gasteiger partial charge on any atom is -0.346 e. The van der Waals surface area contributed by atoms with Crippen molar-refractivity contribution in [3.63, 3.8) is 0 Å². The third-order valence-corrected chi connectivity index (χ3v) is 2.66. The van der Waals surface area contributed by atoms with Gasteiger partial charge in [0.25, 0.3) is 5.91 Å². The van der Waals surface area contributed by atoms with Crippen molar-refractivity contribution in [3.05, 3.63) is 53.6 Å². The van der Waals surface area contributed by atoms with E-state index in [-0.39, 0.29) is 5.91 Å². The van der Waals surface area contributed by atoms with Crippen LogP contribution in [0.3, 0.4) is 0 Å². The molecule has 0 bridgehead atoms. The molecule has 2 rings (SSSR count). The second-order valence-corrected chi connectivity index (χ2v) is 4.04. The Hall–Kier alpha value is -2.10. The predicted octanol–water partition coefficient (Wildman–Crippen LogP) is 1.66. The smallest absolute Gasteiger partial charge is 0.251 e. The number of benzene rings is 1. The first-order valence-corrected chi connectivity index (χ1v) is 5.47. The fraction of sp³-hybridized carbons (Fsp3) is 0.231. The van der Waals surface area contributed by atoms with Gasteiger partial charge in [0, 0.05) is 18.8 Å². The topological polar surface area (TPSA) is 46.9 Å². The second-order valence-electron chi connectivity index (χ2n) is 4.04. The summed E-state index contributed by atoms with van der Waals surface area (Å²) in [7, 11) is 1.90. The quantitative estimate of drug-likeness (QED) is 0.870. The average molecular weight is 229 g/mol. The van der Waals surface area contributed by atoms with Gasteiger partial charge in [-0.05, 0) is 19.1 Å². The Morgan fingerprint density at radius 1 is 1.35 bits per heavy atom. The van der Waals surface area contributed by atoms with Crippen molar-refractivity contribution in [3.8, 4) is 0 Å². The van der Waals surface area contributed by atoms with Crippen LogP contribution in [0.1, 0.15) is 21.6 Å². The van der Waals surface area contributed by atoms with Crippen LogP contribution in [0.2, 0.25) is 0 Å². The Kier molecular flexibility index (Phi) is 3.23. The molecule has 88 valence electrons. The summed E-state index contributed by atoms with van der Waals surface area (Å²) in [4.78, 5) is 15.8. The number of hydrogen-bond donors (Lipinski definition) is 1. The fourth-order valence-electron chi connectivity index (χ4n) is 1.53. The molecule has 17 heavy (non-hydrogen) atoms. The van der Waals surface area contributed by atoms with E-state index in [1.807, 2.05) is 42.8 Å². The van der Waals surface area contributed by atoms with E-state index in [0.29, 0.717) is 12.1 Å². The number of amides is 1. The monoisotopic (exact) mass is 229 g/mol.